The van der Waals surface area contributed by atoms with Gasteiger partial charge in [0.25, 0.3) is 0 Å². The van der Waals surface area contributed by atoms with Crippen molar-refractivity contribution in [1.82, 2.24) is 19.7 Å². The summed E-state index contributed by atoms with van der Waals surface area (Å²) in [5.41, 5.74) is 7.41. The number of pyridine rings is 1. The summed E-state index contributed by atoms with van der Waals surface area (Å²) < 4.78 is 1.95. The van der Waals surface area contributed by atoms with Crippen LogP contribution in [-0.4, -0.2) is 25.8 Å². The molecule has 2 aromatic heterocycles. The minimum Gasteiger partial charge on any atom is -0.327 e. The third-order valence-electron chi connectivity index (χ3n) is 3.10. The second-order valence-corrected chi connectivity index (χ2v) is 4.76. The van der Waals surface area contributed by atoms with Crippen molar-refractivity contribution in [3.8, 4) is 0 Å². The molecule has 1 atom stereocenters. The predicted octanol–water partition coefficient (Wildman–Crippen LogP) is 1.59. The van der Waals surface area contributed by atoms with Crippen molar-refractivity contribution in [1.29, 1.82) is 0 Å². The van der Waals surface area contributed by atoms with Gasteiger partial charge in [-0.15, -0.1) is 0 Å². The maximum Gasteiger partial charge on any atom is 0.138 e. The number of nitrogens with zero attached hydrogens (tertiary/aromatic N) is 4. The monoisotopic (exact) mass is 259 g/mol. The molecule has 0 aliphatic rings. The highest BCUT2D eigenvalue weighted by Crippen LogP contribution is 2.06. The summed E-state index contributed by atoms with van der Waals surface area (Å²) in [5.74, 6) is 0.987. The van der Waals surface area contributed by atoms with Crippen molar-refractivity contribution in [2.75, 3.05) is 0 Å². The molecule has 2 heterocycles. The number of hydrogen-bond donors (Lipinski definition) is 1. The van der Waals surface area contributed by atoms with E-state index in [4.69, 9.17) is 5.73 Å². The molecule has 5 heteroatoms. The van der Waals surface area contributed by atoms with Crippen LogP contribution >= 0.6 is 0 Å². The number of aromatic nitrogens is 4. The Labute approximate surface area is 113 Å². The topological polar surface area (TPSA) is 69.6 Å². The normalized spacial score (nSPS) is 12.5. The average molecular weight is 259 g/mol. The highest BCUT2D eigenvalue weighted by Gasteiger charge is 2.10. The maximum absolute atomic E-state index is 6.18. The molecule has 0 aromatic carbocycles. The Balaban J connectivity index is 1.84. The lowest BCUT2D eigenvalue weighted by Gasteiger charge is -2.11. The minimum atomic E-state index is 0.111. The van der Waals surface area contributed by atoms with E-state index in [1.54, 1.807) is 12.5 Å². The van der Waals surface area contributed by atoms with Crippen LogP contribution in [0.3, 0.4) is 0 Å². The van der Waals surface area contributed by atoms with Gasteiger partial charge in [0, 0.05) is 31.4 Å². The van der Waals surface area contributed by atoms with E-state index >= 15 is 0 Å². The first-order valence-corrected chi connectivity index (χ1v) is 6.80. The largest absolute Gasteiger partial charge is 0.327 e. The van der Waals surface area contributed by atoms with Gasteiger partial charge in [0.05, 0.1) is 0 Å². The zero-order chi connectivity index (χ0) is 13.5. The molecule has 0 bridgehead atoms. The van der Waals surface area contributed by atoms with Crippen molar-refractivity contribution >= 4 is 0 Å². The molecule has 2 rings (SSSR count). The third kappa shape index (κ3) is 4.13. The van der Waals surface area contributed by atoms with Gasteiger partial charge in [-0.2, -0.15) is 5.10 Å². The first-order chi connectivity index (χ1) is 9.29. The first kappa shape index (κ1) is 13.7. The van der Waals surface area contributed by atoms with Crippen LogP contribution < -0.4 is 5.73 Å². The molecule has 0 amide bonds. The molecule has 0 radical (unpaired) electrons. The van der Waals surface area contributed by atoms with Crippen LogP contribution in [0.15, 0.2) is 30.9 Å². The Morgan fingerprint density at radius 3 is 3.05 bits per heavy atom. The summed E-state index contributed by atoms with van der Waals surface area (Å²) in [7, 11) is 0. The van der Waals surface area contributed by atoms with Gasteiger partial charge in [-0.3, -0.25) is 9.67 Å². The molecule has 0 spiro atoms. The Morgan fingerprint density at radius 2 is 2.32 bits per heavy atom. The molecule has 2 N–H and O–H groups in total. The molecule has 102 valence electrons. The lowest BCUT2D eigenvalue weighted by molar-refractivity contribution is 0.527. The van der Waals surface area contributed by atoms with E-state index in [2.05, 4.69) is 28.1 Å². The minimum absolute atomic E-state index is 0.111. The number of hydrogen-bond acceptors (Lipinski definition) is 4. The van der Waals surface area contributed by atoms with Crippen molar-refractivity contribution in [3.63, 3.8) is 0 Å². The van der Waals surface area contributed by atoms with Crippen molar-refractivity contribution in [3.05, 3.63) is 42.2 Å². The second-order valence-electron chi connectivity index (χ2n) is 4.76. The number of nitrogens with two attached hydrogens (primary N) is 1. The van der Waals surface area contributed by atoms with E-state index in [-0.39, 0.29) is 6.04 Å². The van der Waals surface area contributed by atoms with Gasteiger partial charge in [-0.25, -0.2) is 4.98 Å². The summed E-state index contributed by atoms with van der Waals surface area (Å²) in [4.78, 5) is 8.40. The fraction of sp³-hybridized carbons (Fsp3) is 0.500. The van der Waals surface area contributed by atoms with Gasteiger partial charge >= 0.3 is 0 Å². The maximum atomic E-state index is 6.18. The van der Waals surface area contributed by atoms with Gasteiger partial charge < -0.3 is 5.73 Å². The van der Waals surface area contributed by atoms with Gasteiger partial charge in [0.1, 0.15) is 12.2 Å². The zero-order valence-corrected chi connectivity index (χ0v) is 11.4. The van der Waals surface area contributed by atoms with Crippen molar-refractivity contribution < 1.29 is 0 Å². The summed E-state index contributed by atoms with van der Waals surface area (Å²) >= 11 is 0. The van der Waals surface area contributed by atoms with Gasteiger partial charge in [-0.05, 0) is 30.9 Å². The molecule has 19 heavy (non-hydrogen) atoms. The Hall–Kier alpha value is -1.75. The van der Waals surface area contributed by atoms with Crippen LogP contribution in [0.25, 0.3) is 0 Å². The predicted molar refractivity (Wildman–Crippen MR) is 74.6 cm³/mol. The van der Waals surface area contributed by atoms with Gasteiger partial charge in [0.2, 0.25) is 0 Å². The number of rotatable bonds is 7. The molecule has 0 saturated carbocycles. The van der Waals surface area contributed by atoms with Crippen molar-refractivity contribution in [2.24, 2.45) is 5.73 Å². The molecule has 5 nitrogen and oxygen atoms in total. The second kappa shape index (κ2) is 6.99. The average Bonchev–Trinajstić information content (AvgIpc) is 2.85. The Kier molecular flexibility index (Phi) is 5.03. The molecule has 0 fully saturated rings. The lowest BCUT2D eigenvalue weighted by atomic mass is 10.0. The van der Waals surface area contributed by atoms with E-state index in [1.165, 1.54) is 5.56 Å². The Bertz CT molecular complexity index is 480. The summed E-state index contributed by atoms with van der Waals surface area (Å²) in [6.07, 6.45) is 9.02. The molecular formula is C14H21N5. The van der Waals surface area contributed by atoms with Crippen LogP contribution in [0, 0.1) is 0 Å². The molecule has 0 saturated heterocycles. The quantitative estimate of drug-likeness (QED) is 0.819. The van der Waals surface area contributed by atoms with Crippen molar-refractivity contribution in [2.45, 2.75) is 45.2 Å². The molecule has 1 unspecified atom stereocenters. The van der Waals surface area contributed by atoms with Crippen LogP contribution in [0.2, 0.25) is 0 Å². The van der Waals surface area contributed by atoms with E-state index in [0.717, 1.165) is 38.1 Å². The van der Waals surface area contributed by atoms with E-state index in [1.807, 2.05) is 16.9 Å². The summed E-state index contributed by atoms with van der Waals surface area (Å²) in [6.45, 7) is 3.04. The third-order valence-corrected chi connectivity index (χ3v) is 3.10. The molecule has 0 aliphatic heterocycles. The standard InChI is InChI=1S/C14H21N5/c1-2-8-19-14(17-11-18-19)9-13(15)6-5-12-4-3-7-16-10-12/h3-4,7,10-11,13H,2,5-6,8-9,15H2,1H3. The van der Waals surface area contributed by atoms with Crippen LogP contribution in [-0.2, 0) is 19.4 Å². The number of aryl methyl sites for hydroxylation is 2. The smallest absolute Gasteiger partial charge is 0.138 e. The van der Waals surface area contributed by atoms with Crippen LogP contribution in [0.4, 0.5) is 0 Å². The van der Waals surface area contributed by atoms with E-state index in [9.17, 15) is 0 Å². The van der Waals surface area contributed by atoms with Gasteiger partial charge in [-0.1, -0.05) is 13.0 Å². The highest BCUT2D eigenvalue weighted by atomic mass is 15.3. The SMILES string of the molecule is CCCn1ncnc1CC(N)CCc1cccnc1. The fourth-order valence-electron chi connectivity index (χ4n) is 2.08. The molecular weight excluding hydrogens is 238 g/mol. The Morgan fingerprint density at radius 1 is 1.42 bits per heavy atom. The van der Waals surface area contributed by atoms with Crippen LogP contribution in [0.5, 0.6) is 0 Å². The zero-order valence-electron chi connectivity index (χ0n) is 11.4. The van der Waals surface area contributed by atoms with Crippen LogP contribution in [0.1, 0.15) is 31.2 Å². The first-order valence-electron chi connectivity index (χ1n) is 6.80. The highest BCUT2D eigenvalue weighted by molar-refractivity contribution is 5.08. The molecule has 0 aliphatic carbocycles. The lowest BCUT2D eigenvalue weighted by Crippen LogP contribution is -2.25. The summed E-state index contributed by atoms with van der Waals surface area (Å²) in [5, 5.41) is 4.22. The summed E-state index contributed by atoms with van der Waals surface area (Å²) in [6, 6.07) is 4.15. The van der Waals surface area contributed by atoms with Gasteiger partial charge in [0.15, 0.2) is 0 Å². The van der Waals surface area contributed by atoms with E-state index in [0.29, 0.717) is 0 Å². The van der Waals surface area contributed by atoms with E-state index < -0.39 is 0 Å². The fourth-order valence-corrected chi connectivity index (χ4v) is 2.08. The molecule has 2 aromatic rings.